The maximum absolute atomic E-state index is 11.2. The molecule has 0 aromatic heterocycles. The van der Waals surface area contributed by atoms with E-state index in [1.807, 2.05) is 0 Å². The van der Waals surface area contributed by atoms with Gasteiger partial charge in [0.2, 0.25) is 0 Å². The van der Waals surface area contributed by atoms with Gasteiger partial charge in [0.1, 0.15) is 0 Å². The third-order valence-corrected chi connectivity index (χ3v) is 3.51. The molecule has 0 radical (unpaired) electrons. The molecule has 0 saturated heterocycles. The van der Waals surface area contributed by atoms with Crippen molar-refractivity contribution in [1.29, 1.82) is 0 Å². The Morgan fingerprint density at radius 1 is 1.62 bits per heavy atom. The van der Waals surface area contributed by atoms with Gasteiger partial charge < -0.3 is 4.74 Å². The van der Waals surface area contributed by atoms with E-state index in [0.29, 0.717) is 0 Å². The molecule has 0 heterocycles. The smallest absolute Gasteiger partial charge is 0.328 e. The summed E-state index contributed by atoms with van der Waals surface area (Å²) in [5.41, 5.74) is 2.56. The van der Waals surface area contributed by atoms with Crippen LogP contribution in [0, 0.1) is 5.92 Å². The second kappa shape index (κ2) is 3.33. The Morgan fingerprint density at radius 2 is 2.38 bits per heavy atom. The van der Waals surface area contributed by atoms with Gasteiger partial charge in [-0.25, -0.2) is 0 Å². The third-order valence-electron chi connectivity index (χ3n) is 3.07. The van der Waals surface area contributed by atoms with Gasteiger partial charge in [0.25, 0.3) is 0 Å². The topological polar surface area (TPSA) is 26.3 Å². The number of allylic oxidation sites excluding steroid dienone is 1. The van der Waals surface area contributed by atoms with Crippen LogP contribution in [-0.2, 0) is 9.53 Å². The molecule has 2 nitrogen and oxygen atoms in total. The summed E-state index contributed by atoms with van der Waals surface area (Å²) in [7, 11) is 1.39. The maximum atomic E-state index is 11.2. The molecule has 0 aliphatic heterocycles. The van der Waals surface area contributed by atoms with E-state index in [0.717, 1.165) is 30.8 Å². The Kier molecular flexibility index (Phi) is 2.33. The standard InChI is InChI=1S/C10H13ClO2/c1-13-10(12)9(11)8-5-6-2-3-7(8)4-6/h6,9H,2-5H2,1H3. The summed E-state index contributed by atoms with van der Waals surface area (Å²) in [6, 6.07) is 0. The van der Waals surface area contributed by atoms with Gasteiger partial charge in [0, 0.05) is 0 Å². The van der Waals surface area contributed by atoms with E-state index in [9.17, 15) is 4.79 Å². The van der Waals surface area contributed by atoms with Crippen LogP contribution in [0.4, 0.5) is 0 Å². The van der Waals surface area contributed by atoms with Crippen molar-refractivity contribution < 1.29 is 9.53 Å². The number of alkyl halides is 1. The molecule has 0 amide bonds. The van der Waals surface area contributed by atoms with Crippen LogP contribution in [0.3, 0.4) is 0 Å². The van der Waals surface area contributed by atoms with Crippen molar-refractivity contribution in [3.8, 4) is 0 Å². The molecule has 2 unspecified atom stereocenters. The van der Waals surface area contributed by atoms with E-state index in [2.05, 4.69) is 4.74 Å². The Hall–Kier alpha value is -0.500. The minimum Gasteiger partial charge on any atom is -0.468 e. The SMILES string of the molecule is COC(=O)C(Cl)C1=C2CCC(C2)C1. The van der Waals surface area contributed by atoms with Crippen molar-refractivity contribution in [2.45, 2.75) is 31.1 Å². The van der Waals surface area contributed by atoms with E-state index in [4.69, 9.17) is 11.6 Å². The number of hydrogen-bond donors (Lipinski definition) is 0. The van der Waals surface area contributed by atoms with Crippen LogP contribution in [0.1, 0.15) is 25.7 Å². The van der Waals surface area contributed by atoms with Crippen molar-refractivity contribution in [2.24, 2.45) is 5.92 Å². The Balaban J connectivity index is 2.13. The summed E-state index contributed by atoms with van der Waals surface area (Å²) in [6.45, 7) is 0. The van der Waals surface area contributed by atoms with Crippen LogP contribution >= 0.6 is 11.6 Å². The van der Waals surface area contributed by atoms with Crippen LogP contribution in [0.2, 0.25) is 0 Å². The number of ether oxygens (including phenoxy) is 1. The van der Waals surface area contributed by atoms with Gasteiger partial charge in [-0.05, 0) is 37.2 Å². The highest BCUT2D eigenvalue weighted by Gasteiger charge is 2.35. The van der Waals surface area contributed by atoms with Gasteiger partial charge in [-0.2, -0.15) is 0 Å². The van der Waals surface area contributed by atoms with Crippen molar-refractivity contribution in [1.82, 2.24) is 0 Å². The van der Waals surface area contributed by atoms with E-state index in [1.165, 1.54) is 19.1 Å². The quantitative estimate of drug-likeness (QED) is 0.388. The van der Waals surface area contributed by atoms with Gasteiger partial charge in [-0.3, -0.25) is 4.79 Å². The van der Waals surface area contributed by atoms with Crippen molar-refractivity contribution in [2.75, 3.05) is 7.11 Å². The Morgan fingerprint density at radius 3 is 2.85 bits per heavy atom. The highest BCUT2D eigenvalue weighted by Crippen LogP contribution is 2.46. The summed E-state index contributed by atoms with van der Waals surface area (Å²) in [5, 5.41) is -0.523. The number of carbonyl (C=O) groups excluding carboxylic acids is 1. The predicted octanol–water partition coefficient (Wildman–Crippen LogP) is 2.27. The number of carbonyl (C=O) groups is 1. The molecule has 1 fully saturated rings. The Labute approximate surface area is 82.9 Å². The van der Waals surface area contributed by atoms with Gasteiger partial charge in [-0.1, -0.05) is 5.57 Å². The van der Waals surface area contributed by atoms with Gasteiger partial charge in [0.05, 0.1) is 7.11 Å². The lowest BCUT2D eigenvalue weighted by atomic mass is 9.97. The first-order valence-corrected chi connectivity index (χ1v) is 5.08. The van der Waals surface area contributed by atoms with Crippen LogP contribution < -0.4 is 0 Å². The molecule has 13 heavy (non-hydrogen) atoms. The van der Waals surface area contributed by atoms with E-state index < -0.39 is 5.38 Å². The summed E-state index contributed by atoms with van der Waals surface area (Å²) < 4.78 is 4.63. The normalized spacial score (nSPS) is 28.0. The molecule has 0 spiro atoms. The molecule has 1 saturated carbocycles. The van der Waals surface area contributed by atoms with Gasteiger partial charge >= 0.3 is 5.97 Å². The predicted molar refractivity (Wildman–Crippen MR) is 50.6 cm³/mol. The van der Waals surface area contributed by atoms with E-state index in [1.54, 1.807) is 0 Å². The monoisotopic (exact) mass is 200 g/mol. The number of halogens is 1. The molecule has 2 aliphatic carbocycles. The van der Waals surface area contributed by atoms with Gasteiger partial charge in [0.15, 0.2) is 5.38 Å². The summed E-state index contributed by atoms with van der Waals surface area (Å²) in [6.07, 6.45) is 4.60. The second-order valence-corrected chi connectivity index (χ2v) is 4.26. The zero-order chi connectivity index (χ0) is 9.42. The molecule has 2 rings (SSSR count). The highest BCUT2D eigenvalue weighted by molar-refractivity contribution is 6.32. The minimum absolute atomic E-state index is 0.309. The lowest BCUT2D eigenvalue weighted by molar-refractivity contribution is -0.139. The van der Waals surface area contributed by atoms with E-state index in [-0.39, 0.29) is 5.97 Å². The second-order valence-electron chi connectivity index (χ2n) is 3.83. The van der Waals surface area contributed by atoms with Crippen LogP contribution in [-0.4, -0.2) is 18.5 Å². The molecule has 2 bridgehead atoms. The summed E-state index contributed by atoms with van der Waals surface area (Å²) in [5.74, 6) is 0.452. The van der Waals surface area contributed by atoms with Gasteiger partial charge in [-0.15, -0.1) is 11.6 Å². The minimum atomic E-state index is -0.523. The summed E-state index contributed by atoms with van der Waals surface area (Å²) in [4.78, 5) is 11.2. The van der Waals surface area contributed by atoms with E-state index >= 15 is 0 Å². The average molecular weight is 201 g/mol. The lowest BCUT2D eigenvalue weighted by Crippen LogP contribution is -2.19. The van der Waals surface area contributed by atoms with Crippen LogP contribution in [0.15, 0.2) is 11.1 Å². The zero-order valence-electron chi connectivity index (χ0n) is 7.68. The number of hydrogen-bond acceptors (Lipinski definition) is 2. The Bertz CT molecular complexity index is 270. The first kappa shape index (κ1) is 9.07. The number of fused-ring (bicyclic) bond motifs is 2. The first-order chi connectivity index (χ1) is 6.22. The van der Waals surface area contributed by atoms with Crippen molar-refractivity contribution in [3.05, 3.63) is 11.1 Å². The van der Waals surface area contributed by atoms with Crippen LogP contribution in [0.25, 0.3) is 0 Å². The molecule has 72 valence electrons. The summed E-state index contributed by atoms with van der Waals surface area (Å²) >= 11 is 6.00. The molecular weight excluding hydrogens is 188 g/mol. The number of rotatable bonds is 2. The molecular formula is C10H13ClO2. The zero-order valence-corrected chi connectivity index (χ0v) is 8.43. The maximum Gasteiger partial charge on any atom is 0.328 e. The first-order valence-electron chi connectivity index (χ1n) is 4.65. The largest absolute Gasteiger partial charge is 0.468 e. The fourth-order valence-corrected chi connectivity index (χ4v) is 2.71. The molecule has 3 heteroatoms. The fourth-order valence-electron chi connectivity index (χ4n) is 2.38. The number of esters is 1. The molecule has 0 aromatic carbocycles. The molecule has 2 atom stereocenters. The van der Waals surface area contributed by atoms with Crippen molar-refractivity contribution in [3.63, 3.8) is 0 Å². The molecule has 0 N–H and O–H groups in total. The lowest BCUT2D eigenvalue weighted by Gasteiger charge is -2.15. The fraction of sp³-hybridized carbons (Fsp3) is 0.700. The van der Waals surface area contributed by atoms with Crippen molar-refractivity contribution >= 4 is 17.6 Å². The molecule has 0 aromatic rings. The van der Waals surface area contributed by atoms with Crippen LogP contribution in [0.5, 0.6) is 0 Å². The average Bonchev–Trinajstić information content (AvgIpc) is 2.76. The number of methoxy groups -OCH3 is 1. The third kappa shape index (κ3) is 1.48. The highest BCUT2D eigenvalue weighted by atomic mass is 35.5. The molecule has 2 aliphatic rings.